The SMILES string of the molecule is Cc1nn(Cc2ccc(Cl)cc2)c2sc(C(=O)N(Cc3ccccn3)C3CC3)cc12. The van der Waals surface area contributed by atoms with E-state index in [4.69, 9.17) is 11.6 Å². The van der Waals surface area contributed by atoms with Crippen LogP contribution in [-0.4, -0.2) is 31.6 Å². The van der Waals surface area contributed by atoms with Crippen molar-refractivity contribution in [2.24, 2.45) is 0 Å². The number of rotatable bonds is 6. The van der Waals surface area contributed by atoms with E-state index in [1.54, 1.807) is 6.20 Å². The fraction of sp³-hybridized carbons (Fsp3) is 0.261. The molecule has 7 heteroatoms. The number of fused-ring (bicyclic) bond motifs is 1. The molecule has 1 aromatic carbocycles. The van der Waals surface area contributed by atoms with Crippen molar-refractivity contribution in [2.75, 3.05) is 0 Å². The van der Waals surface area contributed by atoms with Crippen LogP contribution >= 0.6 is 22.9 Å². The average Bonchev–Trinajstić information content (AvgIpc) is 3.43. The van der Waals surface area contributed by atoms with Crippen LogP contribution in [0.2, 0.25) is 5.02 Å². The van der Waals surface area contributed by atoms with Gasteiger partial charge in [-0.1, -0.05) is 29.8 Å². The molecule has 1 saturated carbocycles. The first-order chi connectivity index (χ1) is 14.6. The molecule has 1 aliphatic rings. The molecule has 0 unspecified atom stereocenters. The Morgan fingerprint density at radius 2 is 2.03 bits per heavy atom. The molecule has 1 aliphatic carbocycles. The Bertz CT molecular complexity index is 1200. The summed E-state index contributed by atoms with van der Waals surface area (Å²) in [5.41, 5.74) is 2.99. The molecule has 0 N–H and O–H groups in total. The first kappa shape index (κ1) is 19.3. The highest BCUT2D eigenvalue weighted by atomic mass is 35.5. The van der Waals surface area contributed by atoms with Gasteiger partial charge in [0.2, 0.25) is 0 Å². The van der Waals surface area contributed by atoms with Gasteiger partial charge in [0.1, 0.15) is 4.83 Å². The Morgan fingerprint density at radius 3 is 2.73 bits per heavy atom. The highest BCUT2D eigenvalue weighted by Gasteiger charge is 2.34. The van der Waals surface area contributed by atoms with E-state index in [0.29, 0.717) is 19.1 Å². The number of aromatic nitrogens is 3. The molecular formula is C23H21ClN4OS. The number of pyridine rings is 1. The zero-order valence-electron chi connectivity index (χ0n) is 16.6. The molecule has 3 aromatic heterocycles. The molecule has 0 bridgehead atoms. The second kappa shape index (κ2) is 7.85. The summed E-state index contributed by atoms with van der Waals surface area (Å²) in [6, 6.07) is 15.9. The van der Waals surface area contributed by atoms with Gasteiger partial charge in [-0.25, -0.2) is 0 Å². The zero-order chi connectivity index (χ0) is 20.7. The van der Waals surface area contributed by atoms with Gasteiger partial charge in [-0.05, 0) is 55.7 Å². The summed E-state index contributed by atoms with van der Waals surface area (Å²) in [4.78, 5) is 21.5. The predicted molar refractivity (Wildman–Crippen MR) is 120 cm³/mol. The van der Waals surface area contributed by atoms with Crippen molar-refractivity contribution in [1.82, 2.24) is 19.7 Å². The minimum absolute atomic E-state index is 0.0850. The number of nitrogens with zero attached hydrogens (tertiary/aromatic N) is 4. The summed E-state index contributed by atoms with van der Waals surface area (Å²) in [6.45, 7) is 3.19. The molecule has 1 fully saturated rings. The van der Waals surface area contributed by atoms with Crippen molar-refractivity contribution in [3.63, 3.8) is 0 Å². The zero-order valence-corrected chi connectivity index (χ0v) is 18.2. The number of halogens is 1. The van der Waals surface area contributed by atoms with Crippen molar-refractivity contribution in [2.45, 2.75) is 38.9 Å². The van der Waals surface area contributed by atoms with Gasteiger partial charge in [0.05, 0.1) is 29.4 Å². The minimum Gasteiger partial charge on any atom is -0.329 e. The van der Waals surface area contributed by atoms with E-state index in [-0.39, 0.29) is 5.91 Å². The third kappa shape index (κ3) is 3.85. The van der Waals surface area contributed by atoms with Crippen molar-refractivity contribution < 1.29 is 4.79 Å². The Balaban J connectivity index is 1.44. The topological polar surface area (TPSA) is 51.0 Å². The molecule has 4 aromatic rings. The fourth-order valence-corrected chi connectivity index (χ4v) is 4.89. The second-order valence-electron chi connectivity index (χ2n) is 7.68. The molecule has 0 atom stereocenters. The Hall–Kier alpha value is -2.70. The largest absolute Gasteiger partial charge is 0.329 e. The number of hydrogen-bond acceptors (Lipinski definition) is 4. The second-order valence-corrected chi connectivity index (χ2v) is 9.15. The summed E-state index contributed by atoms with van der Waals surface area (Å²) in [7, 11) is 0. The standard InChI is InChI=1S/C23H21ClN4OS/c1-15-20-12-21(22(29)27(19-9-10-19)14-18-4-2-3-11-25-18)30-23(20)28(26-15)13-16-5-7-17(24)8-6-16/h2-8,11-12,19H,9-10,13-14H2,1H3. The molecule has 0 saturated heterocycles. The third-order valence-electron chi connectivity index (χ3n) is 5.37. The highest BCUT2D eigenvalue weighted by Crippen LogP contribution is 2.34. The van der Waals surface area contributed by atoms with Crippen LogP contribution in [0.1, 0.15) is 39.5 Å². The minimum atomic E-state index is 0.0850. The van der Waals surface area contributed by atoms with Crippen LogP contribution in [-0.2, 0) is 13.1 Å². The van der Waals surface area contributed by atoms with Crippen molar-refractivity contribution in [3.8, 4) is 0 Å². The van der Waals surface area contributed by atoms with Gasteiger partial charge in [-0.3, -0.25) is 14.5 Å². The predicted octanol–water partition coefficient (Wildman–Crippen LogP) is 5.31. The lowest BCUT2D eigenvalue weighted by molar-refractivity contribution is 0.0733. The Labute approximate surface area is 183 Å². The molecule has 30 heavy (non-hydrogen) atoms. The van der Waals surface area contributed by atoms with E-state index in [2.05, 4.69) is 10.1 Å². The maximum Gasteiger partial charge on any atom is 0.264 e. The van der Waals surface area contributed by atoms with E-state index in [9.17, 15) is 4.79 Å². The summed E-state index contributed by atoms with van der Waals surface area (Å²) < 4.78 is 1.98. The maximum atomic E-state index is 13.4. The monoisotopic (exact) mass is 436 g/mol. The van der Waals surface area contributed by atoms with E-state index in [0.717, 1.165) is 49.9 Å². The first-order valence-corrected chi connectivity index (χ1v) is 11.2. The number of aryl methyl sites for hydroxylation is 1. The first-order valence-electron chi connectivity index (χ1n) is 10.0. The van der Waals surface area contributed by atoms with Gasteiger partial charge in [-0.2, -0.15) is 5.10 Å². The number of carbonyl (C=O) groups excluding carboxylic acids is 1. The maximum absolute atomic E-state index is 13.4. The molecule has 5 rings (SSSR count). The highest BCUT2D eigenvalue weighted by molar-refractivity contribution is 7.20. The lowest BCUT2D eigenvalue weighted by Gasteiger charge is -2.21. The van der Waals surface area contributed by atoms with Crippen LogP contribution in [0.15, 0.2) is 54.7 Å². The molecule has 5 nitrogen and oxygen atoms in total. The summed E-state index contributed by atoms with van der Waals surface area (Å²) in [6.07, 6.45) is 3.90. The third-order valence-corrected chi connectivity index (χ3v) is 6.76. The lowest BCUT2D eigenvalue weighted by atomic mass is 10.2. The van der Waals surface area contributed by atoms with Crippen molar-refractivity contribution in [1.29, 1.82) is 0 Å². The van der Waals surface area contributed by atoms with Crippen molar-refractivity contribution >= 4 is 39.1 Å². The van der Waals surface area contributed by atoms with Crippen LogP contribution in [0.3, 0.4) is 0 Å². The molecule has 1 amide bonds. The fourth-order valence-electron chi connectivity index (χ4n) is 3.65. The molecule has 0 aliphatic heterocycles. The van der Waals surface area contributed by atoms with Gasteiger partial charge in [0.15, 0.2) is 0 Å². The van der Waals surface area contributed by atoms with Crippen LogP contribution in [0.5, 0.6) is 0 Å². The molecular weight excluding hydrogens is 416 g/mol. The molecule has 152 valence electrons. The van der Waals surface area contributed by atoms with Gasteiger partial charge in [0.25, 0.3) is 5.91 Å². The van der Waals surface area contributed by atoms with Crippen LogP contribution in [0, 0.1) is 6.92 Å². The van der Waals surface area contributed by atoms with Gasteiger partial charge < -0.3 is 4.90 Å². The summed E-state index contributed by atoms with van der Waals surface area (Å²) in [5, 5.41) is 6.45. The van der Waals surface area contributed by atoms with E-state index < -0.39 is 0 Å². The van der Waals surface area contributed by atoms with Crippen LogP contribution < -0.4 is 0 Å². The number of hydrogen-bond donors (Lipinski definition) is 0. The number of thiophene rings is 1. The summed E-state index contributed by atoms with van der Waals surface area (Å²) in [5.74, 6) is 0.0850. The van der Waals surface area contributed by atoms with Crippen LogP contribution in [0.25, 0.3) is 10.2 Å². The smallest absolute Gasteiger partial charge is 0.264 e. The number of benzene rings is 1. The quantitative estimate of drug-likeness (QED) is 0.411. The van der Waals surface area contributed by atoms with Crippen molar-refractivity contribution in [3.05, 3.63) is 81.6 Å². The number of carbonyl (C=O) groups is 1. The van der Waals surface area contributed by atoms with Gasteiger partial charge in [-0.15, -0.1) is 11.3 Å². The number of amides is 1. The average molecular weight is 437 g/mol. The summed E-state index contributed by atoms with van der Waals surface area (Å²) >= 11 is 7.53. The lowest BCUT2D eigenvalue weighted by Crippen LogP contribution is -2.32. The molecule has 0 spiro atoms. The Kier molecular flexibility index (Phi) is 5.05. The normalized spacial score (nSPS) is 13.7. The van der Waals surface area contributed by atoms with E-state index in [1.807, 2.05) is 65.0 Å². The molecule has 3 heterocycles. The van der Waals surface area contributed by atoms with E-state index >= 15 is 0 Å². The van der Waals surface area contributed by atoms with E-state index in [1.165, 1.54) is 11.3 Å². The molecule has 0 radical (unpaired) electrons. The van der Waals surface area contributed by atoms with Crippen LogP contribution in [0.4, 0.5) is 0 Å². The van der Waals surface area contributed by atoms with Gasteiger partial charge in [0, 0.05) is 22.6 Å². The Morgan fingerprint density at radius 1 is 1.23 bits per heavy atom. The van der Waals surface area contributed by atoms with Gasteiger partial charge >= 0.3 is 0 Å².